The SMILES string of the molecule is CC(NC(=O)CS(=O)(=O)CCCc1ccccc1)c1ccc(Cl)cc1. The summed E-state index contributed by atoms with van der Waals surface area (Å²) in [5.41, 5.74) is 1.97. The van der Waals surface area contributed by atoms with E-state index in [-0.39, 0.29) is 11.8 Å². The predicted molar refractivity (Wildman–Crippen MR) is 101 cm³/mol. The number of carbonyl (C=O) groups excluding carboxylic acids is 1. The van der Waals surface area contributed by atoms with Gasteiger partial charge in [0.05, 0.1) is 11.8 Å². The van der Waals surface area contributed by atoms with Crippen molar-refractivity contribution in [3.8, 4) is 0 Å². The Morgan fingerprint density at radius 3 is 2.36 bits per heavy atom. The second kappa shape index (κ2) is 9.02. The van der Waals surface area contributed by atoms with Crippen LogP contribution in [0.3, 0.4) is 0 Å². The van der Waals surface area contributed by atoms with Crippen molar-refractivity contribution in [1.29, 1.82) is 0 Å². The zero-order valence-corrected chi connectivity index (χ0v) is 15.7. The molecular formula is C19H22ClNO3S. The van der Waals surface area contributed by atoms with Crippen molar-refractivity contribution in [2.75, 3.05) is 11.5 Å². The molecule has 1 atom stereocenters. The van der Waals surface area contributed by atoms with Gasteiger partial charge in [-0.3, -0.25) is 4.79 Å². The van der Waals surface area contributed by atoms with Crippen LogP contribution in [0.5, 0.6) is 0 Å². The second-order valence-electron chi connectivity index (χ2n) is 6.02. The van der Waals surface area contributed by atoms with Crippen LogP contribution in [-0.4, -0.2) is 25.8 Å². The molecule has 25 heavy (non-hydrogen) atoms. The van der Waals surface area contributed by atoms with E-state index in [1.165, 1.54) is 0 Å². The molecule has 0 spiro atoms. The Morgan fingerprint density at radius 1 is 1.08 bits per heavy atom. The number of aryl methyl sites for hydroxylation is 1. The van der Waals surface area contributed by atoms with E-state index in [1.807, 2.05) is 49.4 Å². The molecule has 0 bridgehead atoms. The number of halogens is 1. The summed E-state index contributed by atoms with van der Waals surface area (Å²) in [6.07, 6.45) is 1.19. The molecular weight excluding hydrogens is 358 g/mol. The Morgan fingerprint density at radius 2 is 1.72 bits per heavy atom. The minimum Gasteiger partial charge on any atom is -0.349 e. The molecule has 1 amide bonds. The number of hydrogen-bond acceptors (Lipinski definition) is 3. The number of nitrogens with one attached hydrogen (secondary N) is 1. The number of sulfone groups is 1. The lowest BCUT2D eigenvalue weighted by Gasteiger charge is -2.14. The van der Waals surface area contributed by atoms with Crippen molar-refractivity contribution in [2.24, 2.45) is 0 Å². The lowest BCUT2D eigenvalue weighted by Crippen LogP contribution is -2.33. The highest BCUT2D eigenvalue weighted by Gasteiger charge is 2.18. The Hall–Kier alpha value is -1.85. The fourth-order valence-corrected chi connectivity index (χ4v) is 3.87. The highest BCUT2D eigenvalue weighted by atomic mass is 35.5. The summed E-state index contributed by atoms with van der Waals surface area (Å²) in [7, 11) is -3.42. The van der Waals surface area contributed by atoms with Crippen LogP contribution in [0.15, 0.2) is 54.6 Å². The first-order chi connectivity index (χ1) is 11.9. The summed E-state index contributed by atoms with van der Waals surface area (Å²) in [5, 5.41) is 3.33. The van der Waals surface area contributed by atoms with Crippen LogP contribution in [-0.2, 0) is 21.1 Å². The van der Waals surface area contributed by atoms with Crippen LogP contribution in [0.4, 0.5) is 0 Å². The summed E-state index contributed by atoms with van der Waals surface area (Å²) in [6.45, 7) is 1.81. The zero-order valence-electron chi connectivity index (χ0n) is 14.1. The first kappa shape index (κ1) is 19.5. The van der Waals surface area contributed by atoms with Gasteiger partial charge in [-0.05, 0) is 43.0 Å². The molecule has 4 nitrogen and oxygen atoms in total. The zero-order chi connectivity index (χ0) is 18.3. The summed E-state index contributed by atoms with van der Waals surface area (Å²) in [5.74, 6) is -0.966. The first-order valence-electron chi connectivity index (χ1n) is 8.15. The Labute approximate surface area is 154 Å². The van der Waals surface area contributed by atoms with Crippen LogP contribution in [0.2, 0.25) is 5.02 Å². The predicted octanol–water partition coefficient (Wildman–Crippen LogP) is 3.56. The highest BCUT2D eigenvalue weighted by Crippen LogP contribution is 2.16. The third-order valence-electron chi connectivity index (χ3n) is 3.86. The number of benzene rings is 2. The quantitative estimate of drug-likeness (QED) is 0.762. The van der Waals surface area contributed by atoms with Crippen LogP contribution in [0.1, 0.15) is 30.5 Å². The van der Waals surface area contributed by atoms with E-state index in [0.717, 1.165) is 11.1 Å². The molecule has 2 aromatic rings. The van der Waals surface area contributed by atoms with Gasteiger partial charge in [-0.1, -0.05) is 54.1 Å². The van der Waals surface area contributed by atoms with Gasteiger partial charge in [0, 0.05) is 5.02 Å². The molecule has 0 radical (unpaired) electrons. The van der Waals surface area contributed by atoms with Crippen molar-refractivity contribution in [3.63, 3.8) is 0 Å². The van der Waals surface area contributed by atoms with Crippen molar-refractivity contribution in [1.82, 2.24) is 5.32 Å². The molecule has 2 rings (SSSR count). The van der Waals surface area contributed by atoms with E-state index in [1.54, 1.807) is 12.1 Å². The molecule has 6 heteroatoms. The Balaban J connectivity index is 1.80. The molecule has 0 aromatic heterocycles. The van der Waals surface area contributed by atoms with E-state index in [4.69, 9.17) is 11.6 Å². The van der Waals surface area contributed by atoms with Crippen LogP contribution >= 0.6 is 11.6 Å². The van der Waals surface area contributed by atoms with E-state index >= 15 is 0 Å². The minimum absolute atomic E-state index is 0.00460. The number of rotatable bonds is 8. The van der Waals surface area contributed by atoms with Gasteiger partial charge < -0.3 is 5.32 Å². The van der Waals surface area contributed by atoms with Crippen molar-refractivity contribution < 1.29 is 13.2 Å². The van der Waals surface area contributed by atoms with Gasteiger partial charge in [0.2, 0.25) is 5.91 Å². The van der Waals surface area contributed by atoms with E-state index in [2.05, 4.69) is 5.32 Å². The molecule has 0 heterocycles. The molecule has 0 saturated heterocycles. The fraction of sp³-hybridized carbons (Fsp3) is 0.316. The average molecular weight is 380 g/mol. The van der Waals surface area contributed by atoms with Gasteiger partial charge in [-0.15, -0.1) is 0 Å². The molecule has 2 aromatic carbocycles. The highest BCUT2D eigenvalue weighted by molar-refractivity contribution is 7.92. The second-order valence-corrected chi connectivity index (χ2v) is 8.64. The Bertz CT molecular complexity index is 789. The third kappa shape index (κ3) is 6.88. The van der Waals surface area contributed by atoms with Crippen LogP contribution in [0, 0.1) is 0 Å². The molecule has 134 valence electrons. The van der Waals surface area contributed by atoms with Crippen LogP contribution in [0.25, 0.3) is 0 Å². The summed E-state index contributed by atoms with van der Waals surface area (Å²) >= 11 is 5.84. The standard InChI is InChI=1S/C19H22ClNO3S/c1-15(17-9-11-18(20)12-10-17)21-19(22)14-25(23,24)13-5-8-16-6-3-2-4-7-16/h2-4,6-7,9-12,15H,5,8,13-14H2,1H3,(H,21,22). The third-order valence-corrected chi connectivity index (χ3v) is 5.73. The average Bonchev–Trinajstić information content (AvgIpc) is 2.55. The molecule has 0 aliphatic rings. The molecule has 0 aliphatic heterocycles. The van der Waals surface area contributed by atoms with Gasteiger partial charge in [0.1, 0.15) is 5.75 Å². The molecule has 0 saturated carbocycles. The lowest BCUT2D eigenvalue weighted by atomic mass is 10.1. The smallest absolute Gasteiger partial charge is 0.235 e. The lowest BCUT2D eigenvalue weighted by molar-refractivity contribution is -0.119. The number of amides is 1. The molecule has 1 unspecified atom stereocenters. The summed E-state index contributed by atoms with van der Waals surface area (Å²) in [4.78, 5) is 12.0. The van der Waals surface area contributed by atoms with Crippen molar-refractivity contribution in [3.05, 3.63) is 70.7 Å². The normalized spacial score (nSPS) is 12.6. The molecule has 1 N–H and O–H groups in total. The van der Waals surface area contributed by atoms with E-state index in [9.17, 15) is 13.2 Å². The monoisotopic (exact) mass is 379 g/mol. The fourth-order valence-electron chi connectivity index (χ4n) is 2.53. The molecule has 0 aliphatic carbocycles. The Kier molecular flexibility index (Phi) is 7.02. The van der Waals surface area contributed by atoms with E-state index < -0.39 is 21.5 Å². The first-order valence-corrected chi connectivity index (χ1v) is 10.3. The maximum Gasteiger partial charge on any atom is 0.235 e. The number of hydrogen-bond donors (Lipinski definition) is 1. The molecule has 0 fully saturated rings. The van der Waals surface area contributed by atoms with Gasteiger partial charge in [-0.25, -0.2) is 8.42 Å². The van der Waals surface area contributed by atoms with Gasteiger partial charge in [-0.2, -0.15) is 0 Å². The topological polar surface area (TPSA) is 63.2 Å². The van der Waals surface area contributed by atoms with Gasteiger partial charge >= 0.3 is 0 Å². The summed E-state index contributed by atoms with van der Waals surface area (Å²) < 4.78 is 24.2. The maximum atomic E-state index is 12.1. The van der Waals surface area contributed by atoms with Crippen molar-refractivity contribution >= 4 is 27.3 Å². The number of carbonyl (C=O) groups is 1. The summed E-state index contributed by atoms with van der Waals surface area (Å²) in [6, 6.07) is 16.5. The maximum absolute atomic E-state index is 12.1. The van der Waals surface area contributed by atoms with Gasteiger partial charge in [0.25, 0.3) is 0 Å². The van der Waals surface area contributed by atoms with Gasteiger partial charge in [0.15, 0.2) is 9.84 Å². The minimum atomic E-state index is -3.42. The van der Waals surface area contributed by atoms with Crippen molar-refractivity contribution in [2.45, 2.75) is 25.8 Å². The largest absolute Gasteiger partial charge is 0.349 e. The van der Waals surface area contributed by atoms with E-state index in [0.29, 0.717) is 17.9 Å². The van der Waals surface area contributed by atoms with Crippen LogP contribution < -0.4 is 5.32 Å².